The SMILES string of the molecule is NC(=O)c1ccc(C(=O)N2CC(c3ccccc3F)C2)o1. The van der Waals surface area contributed by atoms with Crippen molar-refractivity contribution in [2.45, 2.75) is 5.92 Å². The third-order valence-electron chi connectivity index (χ3n) is 3.57. The van der Waals surface area contributed by atoms with Crippen molar-refractivity contribution in [3.8, 4) is 0 Å². The number of benzene rings is 1. The number of nitrogens with zero attached hydrogens (tertiary/aromatic N) is 1. The summed E-state index contributed by atoms with van der Waals surface area (Å²) < 4.78 is 18.7. The molecule has 2 amide bonds. The maximum Gasteiger partial charge on any atom is 0.289 e. The van der Waals surface area contributed by atoms with Crippen molar-refractivity contribution in [3.05, 3.63) is 59.3 Å². The molecule has 5 nitrogen and oxygen atoms in total. The highest BCUT2D eigenvalue weighted by Crippen LogP contribution is 2.30. The lowest BCUT2D eigenvalue weighted by molar-refractivity contribution is 0.0564. The van der Waals surface area contributed by atoms with E-state index in [4.69, 9.17) is 10.2 Å². The zero-order valence-electron chi connectivity index (χ0n) is 11.1. The van der Waals surface area contributed by atoms with Crippen molar-refractivity contribution in [3.63, 3.8) is 0 Å². The van der Waals surface area contributed by atoms with Gasteiger partial charge in [-0.1, -0.05) is 18.2 Å². The molecule has 1 aliphatic heterocycles. The number of carbonyl (C=O) groups excluding carboxylic acids is 2. The average molecular weight is 288 g/mol. The molecule has 1 aromatic carbocycles. The molecule has 2 heterocycles. The van der Waals surface area contributed by atoms with E-state index in [0.717, 1.165) is 0 Å². The predicted octanol–water partition coefficient (Wildman–Crippen LogP) is 1.76. The van der Waals surface area contributed by atoms with E-state index in [2.05, 4.69) is 0 Å². The fraction of sp³-hybridized carbons (Fsp3) is 0.200. The molecule has 0 radical (unpaired) electrons. The van der Waals surface area contributed by atoms with Crippen molar-refractivity contribution < 1.29 is 18.4 Å². The number of primary amides is 1. The van der Waals surface area contributed by atoms with Crippen LogP contribution in [0.3, 0.4) is 0 Å². The van der Waals surface area contributed by atoms with Crippen LogP contribution in [-0.2, 0) is 0 Å². The third-order valence-corrected chi connectivity index (χ3v) is 3.57. The van der Waals surface area contributed by atoms with Crippen LogP contribution in [0.1, 0.15) is 32.6 Å². The first-order valence-electron chi connectivity index (χ1n) is 6.49. The minimum absolute atomic E-state index is 0.0132. The van der Waals surface area contributed by atoms with Crippen LogP contribution in [-0.4, -0.2) is 29.8 Å². The highest BCUT2D eigenvalue weighted by molar-refractivity contribution is 5.95. The molecular weight excluding hydrogens is 275 g/mol. The number of nitrogens with two attached hydrogens (primary N) is 1. The number of amides is 2. The van der Waals surface area contributed by atoms with Gasteiger partial charge in [0.1, 0.15) is 5.82 Å². The van der Waals surface area contributed by atoms with Crippen molar-refractivity contribution >= 4 is 11.8 Å². The Morgan fingerprint density at radius 2 is 1.81 bits per heavy atom. The second-order valence-corrected chi connectivity index (χ2v) is 4.96. The maximum absolute atomic E-state index is 13.6. The van der Waals surface area contributed by atoms with Gasteiger partial charge >= 0.3 is 0 Å². The van der Waals surface area contributed by atoms with Crippen LogP contribution in [0.15, 0.2) is 40.8 Å². The van der Waals surface area contributed by atoms with Gasteiger partial charge in [-0.2, -0.15) is 0 Å². The molecule has 0 unspecified atom stereocenters. The number of hydrogen-bond acceptors (Lipinski definition) is 3. The van der Waals surface area contributed by atoms with Crippen LogP contribution in [0, 0.1) is 5.82 Å². The number of rotatable bonds is 3. The van der Waals surface area contributed by atoms with Gasteiger partial charge in [0.2, 0.25) is 0 Å². The molecule has 0 spiro atoms. The molecule has 0 saturated carbocycles. The molecule has 3 rings (SSSR count). The van der Waals surface area contributed by atoms with Crippen molar-refractivity contribution in [1.82, 2.24) is 4.90 Å². The van der Waals surface area contributed by atoms with Gasteiger partial charge in [0, 0.05) is 19.0 Å². The number of furan rings is 1. The summed E-state index contributed by atoms with van der Waals surface area (Å²) in [6.45, 7) is 0.846. The summed E-state index contributed by atoms with van der Waals surface area (Å²) in [5, 5.41) is 0. The smallest absolute Gasteiger partial charge is 0.289 e. The van der Waals surface area contributed by atoms with E-state index in [9.17, 15) is 14.0 Å². The van der Waals surface area contributed by atoms with Crippen LogP contribution in [0.25, 0.3) is 0 Å². The van der Waals surface area contributed by atoms with Crippen LogP contribution in [0.2, 0.25) is 0 Å². The molecule has 1 fully saturated rings. The Balaban J connectivity index is 1.67. The minimum Gasteiger partial charge on any atom is -0.446 e. The molecule has 1 aromatic heterocycles. The van der Waals surface area contributed by atoms with Gasteiger partial charge < -0.3 is 15.1 Å². The third kappa shape index (κ3) is 2.40. The van der Waals surface area contributed by atoms with Crippen molar-refractivity contribution in [1.29, 1.82) is 0 Å². The second-order valence-electron chi connectivity index (χ2n) is 4.96. The Morgan fingerprint density at radius 3 is 2.43 bits per heavy atom. The van der Waals surface area contributed by atoms with E-state index in [1.807, 2.05) is 0 Å². The number of halogens is 1. The van der Waals surface area contributed by atoms with Gasteiger partial charge in [0.15, 0.2) is 11.5 Å². The van der Waals surface area contributed by atoms with Crippen LogP contribution in [0.4, 0.5) is 4.39 Å². The highest BCUT2D eigenvalue weighted by Gasteiger charge is 2.34. The lowest BCUT2D eigenvalue weighted by Gasteiger charge is -2.39. The Morgan fingerprint density at radius 1 is 1.14 bits per heavy atom. The van der Waals surface area contributed by atoms with Gasteiger partial charge in [0.05, 0.1) is 0 Å². The van der Waals surface area contributed by atoms with Crippen LogP contribution >= 0.6 is 0 Å². The van der Waals surface area contributed by atoms with Crippen LogP contribution < -0.4 is 5.73 Å². The lowest BCUT2D eigenvalue weighted by atomic mass is 9.91. The fourth-order valence-corrected chi connectivity index (χ4v) is 2.39. The number of hydrogen-bond donors (Lipinski definition) is 1. The summed E-state index contributed by atoms with van der Waals surface area (Å²) in [6, 6.07) is 9.32. The Hall–Kier alpha value is -2.63. The molecule has 0 aliphatic carbocycles. The van der Waals surface area contributed by atoms with Gasteiger partial charge in [-0.3, -0.25) is 9.59 Å². The highest BCUT2D eigenvalue weighted by atomic mass is 19.1. The molecule has 0 atom stereocenters. The van der Waals surface area contributed by atoms with E-state index in [-0.39, 0.29) is 29.2 Å². The first-order valence-corrected chi connectivity index (χ1v) is 6.49. The lowest BCUT2D eigenvalue weighted by Crippen LogP contribution is -2.48. The van der Waals surface area contributed by atoms with Gasteiger partial charge in [-0.25, -0.2) is 4.39 Å². The molecule has 108 valence electrons. The quantitative estimate of drug-likeness (QED) is 0.934. The fourth-order valence-electron chi connectivity index (χ4n) is 2.39. The van der Waals surface area contributed by atoms with Crippen molar-refractivity contribution in [2.24, 2.45) is 5.73 Å². The summed E-state index contributed by atoms with van der Waals surface area (Å²) in [5.74, 6) is -1.30. The first-order chi connectivity index (χ1) is 10.1. The predicted molar refractivity (Wildman–Crippen MR) is 72.3 cm³/mol. The van der Waals surface area contributed by atoms with Crippen molar-refractivity contribution in [2.75, 3.05) is 13.1 Å². The minimum atomic E-state index is -0.720. The van der Waals surface area contributed by atoms with E-state index in [1.54, 1.807) is 23.1 Å². The monoisotopic (exact) mass is 288 g/mol. The molecule has 6 heteroatoms. The standard InChI is InChI=1S/C15H13FN2O3/c16-11-4-2-1-3-10(11)9-7-18(8-9)15(20)13-6-5-12(21-13)14(17)19/h1-6,9H,7-8H2,(H2,17,19). The molecule has 2 N–H and O–H groups in total. The first kappa shape index (κ1) is 13.4. The van der Waals surface area contributed by atoms with Gasteiger partial charge in [-0.05, 0) is 23.8 Å². The molecular formula is C15H13FN2O3. The zero-order valence-corrected chi connectivity index (χ0v) is 11.1. The second kappa shape index (κ2) is 5.05. The Labute approximate surface area is 120 Å². The summed E-state index contributed by atoms with van der Waals surface area (Å²) in [6.07, 6.45) is 0. The summed E-state index contributed by atoms with van der Waals surface area (Å²) in [4.78, 5) is 24.6. The molecule has 0 bridgehead atoms. The van der Waals surface area contributed by atoms with Crippen LogP contribution in [0.5, 0.6) is 0 Å². The summed E-state index contributed by atoms with van der Waals surface area (Å²) in [5.41, 5.74) is 5.68. The molecule has 21 heavy (non-hydrogen) atoms. The van der Waals surface area contributed by atoms with Gasteiger partial charge in [-0.15, -0.1) is 0 Å². The molecule has 2 aromatic rings. The van der Waals surface area contributed by atoms with Gasteiger partial charge in [0.25, 0.3) is 11.8 Å². The van der Waals surface area contributed by atoms with E-state index >= 15 is 0 Å². The normalized spacial score (nSPS) is 14.8. The van der Waals surface area contributed by atoms with E-state index in [1.165, 1.54) is 18.2 Å². The molecule has 1 aliphatic rings. The maximum atomic E-state index is 13.6. The largest absolute Gasteiger partial charge is 0.446 e. The molecule has 1 saturated heterocycles. The summed E-state index contributed by atoms with van der Waals surface area (Å²) >= 11 is 0. The topological polar surface area (TPSA) is 76.5 Å². The Kier molecular flexibility index (Phi) is 3.21. The Bertz CT molecular complexity index is 704. The average Bonchev–Trinajstić information content (AvgIpc) is 2.89. The van der Waals surface area contributed by atoms with E-state index in [0.29, 0.717) is 18.7 Å². The van der Waals surface area contributed by atoms with E-state index < -0.39 is 5.91 Å². The number of carbonyl (C=O) groups is 2. The summed E-state index contributed by atoms with van der Waals surface area (Å²) in [7, 11) is 0. The number of likely N-dealkylation sites (tertiary alicyclic amines) is 1. The zero-order chi connectivity index (χ0) is 15.0.